The van der Waals surface area contributed by atoms with E-state index in [2.05, 4.69) is 5.32 Å². The fourth-order valence-electron chi connectivity index (χ4n) is 2.69. The Kier molecular flexibility index (Phi) is 6.13. The first kappa shape index (κ1) is 20.1. The van der Waals surface area contributed by atoms with Gasteiger partial charge < -0.3 is 9.73 Å². The maximum Gasteiger partial charge on any atom is 0.419 e. The van der Waals surface area contributed by atoms with Gasteiger partial charge in [-0.2, -0.15) is 13.2 Å². The average molecular weight is 410 g/mol. The number of hydrogen-bond donors (Lipinski definition) is 1. The van der Waals surface area contributed by atoms with E-state index in [0.717, 1.165) is 0 Å². The lowest BCUT2D eigenvalue weighted by Gasteiger charge is -2.12. The number of nitrogens with zero attached hydrogens (tertiary/aromatic N) is 1. The van der Waals surface area contributed by atoms with E-state index in [9.17, 15) is 22.8 Å². The number of rotatable bonds is 7. The van der Waals surface area contributed by atoms with Gasteiger partial charge in [-0.15, -0.1) is 11.8 Å². The molecule has 1 amide bonds. The minimum Gasteiger partial charge on any atom is -0.408 e. The molecule has 148 valence electrons. The summed E-state index contributed by atoms with van der Waals surface area (Å²) in [5, 5.41) is 2.64. The van der Waals surface area contributed by atoms with E-state index < -0.39 is 17.7 Å². The van der Waals surface area contributed by atoms with Crippen LogP contribution in [0.3, 0.4) is 0 Å². The van der Waals surface area contributed by atoms with Gasteiger partial charge in [0, 0.05) is 17.9 Å². The molecule has 0 spiro atoms. The molecule has 0 radical (unpaired) electrons. The lowest BCUT2D eigenvalue weighted by molar-refractivity contribution is -0.116. The van der Waals surface area contributed by atoms with Crippen LogP contribution in [-0.2, 0) is 11.3 Å². The van der Waals surface area contributed by atoms with Gasteiger partial charge in [-0.05, 0) is 30.7 Å². The Morgan fingerprint density at radius 1 is 1.11 bits per heavy atom. The topological polar surface area (TPSA) is 64.2 Å². The van der Waals surface area contributed by atoms with Gasteiger partial charge in [0.05, 0.1) is 17.0 Å². The largest absolute Gasteiger partial charge is 0.419 e. The van der Waals surface area contributed by atoms with Crippen LogP contribution < -0.4 is 11.1 Å². The van der Waals surface area contributed by atoms with Crippen molar-refractivity contribution in [3.05, 3.63) is 59.1 Å². The normalized spacial score (nSPS) is 11.7. The maximum atomic E-state index is 12.4. The van der Waals surface area contributed by atoms with Crippen molar-refractivity contribution in [2.45, 2.75) is 30.5 Å². The van der Waals surface area contributed by atoms with Crippen LogP contribution in [0.4, 0.5) is 18.9 Å². The fourth-order valence-corrected chi connectivity index (χ4v) is 3.46. The summed E-state index contributed by atoms with van der Waals surface area (Å²) < 4.78 is 43.9. The predicted octanol–water partition coefficient (Wildman–Crippen LogP) is 4.67. The summed E-state index contributed by atoms with van der Waals surface area (Å²) in [4.78, 5) is 24.4. The van der Waals surface area contributed by atoms with Crippen molar-refractivity contribution in [3.8, 4) is 0 Å². The molecule has 0 saturated heterocycles. The SMILES string of the molecule is O=C(CCCn1c(=O)oc2ccccc21)Nc1ccccc1SCC(F)(F)F. The van der Waals surface area contributed by atoms with Crippen molar-refractivity contribution in [1.82, 2.24) is 4.57 Å². The first-order chi connectivity index (χ1) is 13.3. The summed E-state index contributed by atoms with van der Waals surface area (Å²) in [5.74, 6) is -1.85. The predicted molar refractivity (Wildman–Crippen MR) is 102 cm³/mol. The summed E-state index contributed by atoms with van der Waals surface area (Å²) >= 11 is 0.624. The van der Waals surface area contributed by atoms with Gasteiger partial charge in [-0.1, -0.05) is 24.3 Å². The Bertz CT molecular complexity index is 1030. The third kappa shape index (κ3) is 5.19. The van der Waals surface area contributed by atoms with Gasteiger partial charge >= 0.3 is 11.9 Å². The van der Waals surface area contributed by atoms with Crippen LogP contribution in [0.2, 0.25) is 0 Å². The standard InChI is InChI=1S/C19H17F3N2O3S/c20-19(21,22)12-28-16-9-4-1-6-13(16)23-17(25)10-5-11-24-14-7-2-3-8-15(14)27-18(24)26/h1-4,6-9H,5,10-12H2,(H,23,25). The number of thioether (sulfide) groups is 1. The van der Waals surface area contributed by atoms with Crippen LogP contribution in [-0.4, -0.2) is 22.4 Å². The Morgan fingerprint density at radius 2 is 1.82 bits per heavy atom. The smallest absolute Gasteiger partial charge is 0.408 e. The molecule has 1 heterocycles. The number of aryl methyl sites for hydroxylation is 1. The number of hydrogen-bond acceptors (Lipinski definition) is 4. The quantitative estimate of drug-likeness (QED) is 0.575. The van der Waals surface area contributed by atoms with E-state index in [0.29, 0.717) is 46.4 Å². The minimum atomic E-state index is -4.29. The molecule has 3 rings (SSSR count). The molecule has 0 aliphatic rings. The Balaban J connectivity index is 1.58. The third-order valence-electron chi connectivity index (χ3n) is 3.91. The molecule has 0 aliphatic carbocycles. The molecule has 0 atom stereocenters. The highest BCUT2D eigenvalue weighted by molar-refractivity contribution is 7.99. The second-order valence-corrected chi connectivity index (χ2v) is 7.06. The van der Waals surface area contributed by atoms with Gasteiger partial charge in [0.1, 0.15) is 0 Å². The van der Waals surface area contributed by atoms with E-state index in [-0.39, 0.29) is 12.3 Å². The summed E-state index contributed by atoms with van der Waals surface area (Å²) in [5.41, 5.74) is 1.47. The van der Waals surface area contributed by atoms with Crippen LogP contribution >= 0.6 is 11.8 Å². The van der Waals surface area contributed by atoms with Crippen molar-refractivity contribution in [2.24, 2.45) is 0 Å². The molecule has 0 fully saturated rings. The molecule has 1 N–H and O–H groups in total. The second-order valence-electron chi connectivity index (χ2n) is 6.04. The number of oxazole rings is 1. The Morgan fingerprint density at radius 3 is 2.61 bits per heavy atom. The molecule has 2 aromatic carbocycles. The zero-order valence-electron chi connectivity index (χ0n) is 14.7. The fraction of sp³-hybridized carbons (Fsp3) is 0.263. The molecule has 0 unspecified atom stereocenters. The highest BCUT2D eigenvalue weighted by atomic mass is 32.2. The lowest BCUT2D eigenvalue weighted by Crippen LogP contribution is -2.17. The molecule has 0 aliphatic heterocycles. The molecule has 0 saturated carbocycles. The number of alkyl halides is 3. The van der Waals surface area contributed by atoms with E-state index in [4.69, 9.17) is 4.42 Å². The van der Waals surface area contributed by atoms with Crippen LogP contribution in [0.25, 0.3) is 11.1 Å². The molecule has 1 aromatic heterocycles. The molecule has 3 aromatic rings. The van der Waals surface area contributed by atoms with Crippen LogP contribution in [0, 0.1) is 0 Å². The number of aromatic nitrogens is 1. The second kappa shape index (κ2) is 8.55. The molecule has 28 heavy (non-hydrogen) atoms. The molecular formula is C19H17F3N2O3S. The monoisotopic (exact) mass is 410 g/mol. The van der Waals surface area contributed by atoms with Gasteiger partial charge in [0.15, 0.2) is 5.58 Å². The first-order valence-corrected chi connectivity index (χ1v) is 9.49. The number of anilines is 1. The molecular weight excluding hydrogens is 393 g/mol. The Hall–Kier alpha value is -2.68. The number of carbonyl (C=O) groups is 1. The van der Waals surface area contributed by atoms with Crippen molar-refractivity contribution in [3.63, 3.8) is 0 Å². The zero-order chi connectivity index (χ0) is 20.1. The van der Waals surface area contributed by atoms with Gasteiger partial charge in [0.25, 0.3) is 0 Å². The molecule has 9 heteroatoms. The van der Waals surface area contributed by atoms with E-state index in [1.807, 2.05) is 0 Å². The zero-order valence-corrected chi connectivity index (χ0v) is 15.5. The Labute approximate surface area is 162 Å². The maximum absolute atomic E-state index is 12.4. The van der Waals surface area contributed by atoms with Crippen LogP contribution in [0.15, 0.2) is 62.6 Å². The summed E-state index contributed by atoms with van der Waals surface area (Å²) in [7, 11) is 0. The number of benzene rings is 2. The van der Waals surface area contributed by atoms with Crippen LogP contribution in [0.5, 0.6) is 0 Å². The highest BCUT2D eigenvalue weighted by Gasteiger charge is 2.27. The van der Waals surface area contributed by atoms with Crippen molar-refractivity contribution < 1.29 is 22.4 Å². The lowest BCUT2D eigenvalue weighted by atomic mass is 10.2. The van der Waals surface area contributed by atoms with Crippen molar-refractivity contribution in [1.29, 1.82) is 0 Å². The number of amides is 1. The third-order valence-corrected chi connectivity index (χ3v) is 5.05. The summed E-state index contributed by atoms with van der Waals surface area (Å²) in [6, 6.07) is 13.3. The van der Waals surface area contributed by atoms with Gasteiger partial charge in [-0.25, -0.2) is 4.79 Å². The van der Waals surface area contributed by atoms with Gasteiger partial charge in [-0.3, -0.25) is 9.36 Å². The minimum absolute atomic E-state index is 0.115. The van der Waals surface area contributed by atoms with E-state index >= 15 is 0 Å². The van der Waals surface area contributed by atoms with Crippen molar-refractivity contribution in [2.75, 3.05) is 11.1 Å². The summed E-state index contributed by atoms with van der Waals surface area (Å²) in [6.45, 7) is 0.299. The number of carbonyl (C=O) groups excluding carboxylic acids is 1. The molecule has 5 nitrogen and oxygen atoms in total. The van der Waals surface area contributed by atoms with Crippen molar-refractivity contribution >= 4 is 34.5 Å². The number of halogens is 3. The first-order valence-electron chi connectivity index (χ1n) is 8.50. The summed E-state index contributed by atoms with van der Waals surface area (Å²) in [6.07, 6.45) is -3.79. The molecule has 0 bridgehead atoms. The van der Waals surface area contributed by atoms with E-state index in [1.165, 1.54) is 10.6 Å². The van der Waals surface area contributed by atoms with Crippen LogP contribution in [0.1, 0.15) is 12.8 Å². The highest BCUT2D eigenvalue weighted by Crippen LogP contribution is 2.32. The number of para-hydroxylation sites is 3. The van der Waals surface area contributed by atoms with Gasteiger partial charge in [0.2, 0.25) is 5.91 Å². The average Bonchev–Trinajstić information content (AvgIpc) is 2.96. The number of fused-ring (bicyclic) bond motifs is 1. The van der Waals surface area contributed by atoms with E-state index in [1.54, 1.807) is 42.5 Å². The number of nitrogens with one attached hydrogen (secondary N) is 1.